The molecule has 1 saturated heterocycles. The van der Waals surface area contributed by atoms with E-state index in [1.54, 1.807) is 0 Å². The predicted octanol–water partition coefficient (Wildman–Crippen LogP) is -2.11. The van der Waals surface area contributed by atoms with Crippen LogP contribution in [0.4, 0.5) is 0 Å². The van der Waals surface area contributed by atoms with Crippen molar-refractivity contribution in [3.05, 3.63) is 25.3 Å². The van der Waals surface area contributed by atoms with Gasteiger partial charge in [0.15, 0.2) is 0 Å². The van der Waals surface area contributed by atoms with Crippen LogP contribution >= 0.6 is 0 Å². The van der Waals surface area contributed by atoms with Crippen molar-refractivity contribution in [3.63, 3.8) is 0 Å². The fourth-order valence-corrected chi connectivity index (χ4v) is 1.99. The Labute approximate surface area is 105 Å². The quantitative estimate of drug-likeness (QED) is 0.432. The number of hydrogen-bond acceptors (Lipinski definition) is 5. The van der Waals surface area contributed by atoms with E-state index in [1.165, 1.54) is 12.2 Å². The van der Waals surface area contributed by atoms with E-state index in [1.807, 2.05) is 0 Å². The molecule has 0 aromatic carbocycles. The molecule has 4 atom stereocenters. The minimum Gasteiger partial charge on any atom is -0.550 e. The van der Waals surface area contributed by atoms with E-state index in [9.17, 15) is 14.7 Å². The van der Waals surface area contributed by atoms with E-state index in [2.05, 4.69) is 18.9 Å². The first-order chi connectivity index (χ1) is 8.56. The third-order valence-electron chi connectivity index (χ3n) is 2.81. The number of quaternary nitrogens is 1. The van der Waals surface area contributed by atoms with Crippen LogP contribution in [-0.4, -0.2) is 37.3 Å². The standard InChI is InChI=1S/C12H17NO5/c1-3-7-9(11(14)15)10(8(4-2)18-7)12(16)17-6-5-13/h3-4,7-10H,1-2,5-6,13H2,(H,14,15). The average Bonchev–Trinajstić information content (AvgIpc) is 2.74. The number of hydrogen-bond donors (Lipinski definition) is 1. The highest BCUT2D eigenvalue weighted by Crippen LogP contribution is 2.34. The molecule has 1 rings (SSSR count). The molecule has 0 spiro atoms. The summed E-state index contributed by atoms with van der Waals surface area (Å²) < 4.78 is 10.3. The first-order valence-corrected chi connectivity index (χ1v) is 5.64. The Morgan fingerprint density at radius 3 is 2.28 bits per heavy atom. The van der Waals surface area contributed by atoms with Crippen molar-refractivity contribution in [2.24, 2.45) is 11.8 Å². The van der Waals surface area contributed by atoms with Gasteiger partial charge in [-0.25, -0.2) is 0 Å². The van der Waals surface area contributed by atoms with Gasteiger partial charge in [0.1, 0.15) is 13.2 Å². The largest absolute Gasteiger partial charge is 0.550 e. The summed E-state index contributed by atoms with van der Waals surface area (Å²) in [7, 11) is 0. The number of aliphatic carboxylic acids is 1. The summed E-state index contributed by atoms with van der Waals surface area (Å²) >= 11 is 0. The SMILES string of the molecule is C=CC1OC(C=C)C(C(=O)OCC[NH3+])C1C(=O)[O-]. The molecule has 4 unspecified atom stereocenters. The molecule has 1 aliphatic heterocycles. The van der Waals surface area contributed by atoms with E-state index < -0.39 is 36.0 Å². The van der Waals surface area contributed by atoms with Crippen molar-refractivity contribution in [2.45, 2.75) is 12.2 Å². The van der Waals surface area contributed by atoms with E-state index >= 15 is 0 Å². The van der Waals surface area contributed by atoms with E-state index in [4.69, 9.17) is 9.47 Å². The highest BCUT2D eigenvalue weighted by atomic mass is 16.5. The third-order valence-corrected chi connectivity index (χ3v) is 2.81. The van der Waals surface area contributed by atoms with Gasteiger partial charge < -0.3 is 25.1 Å². The molecule has 3 N–H and O–H groups in total. The van der Waals surface area contributed by atoms with Crippen LogP contribution in [0.1, 0.15) is 0 Å². The van der Waals surface area contributed by atoms with Gasteiger partial charge >= 0.3 is 5.97 Å². The van der Waals surface area contributed by atoms with Crippen molar-refractivity contribution in [2.75, 3.05) is 13.2 Å². The lowest BCUT2D eigenvalue weighted by Crippen LogP contribution is -2.53. The molecule has 1 fully saturated rings. The van der Waals surface area contributed by atoms with Gasteiger partial charge in [0.2, 0.25) is 0 Å². The van der Waals surface area contributed by atoms with Gasteiger partial charge in [-0.1, -0.05) is 12.2 Å². The average molecular weight is 255 g/mol. The van der Waals surface area contributed by atoms with Crippen LogP contribution in [-0.2, 0) is 19.1 Å². The van der Waals surface area contributed by atoms with Gasteiger partial charge in [0.05, 0.1) is 18.1 Å². The van der Waals surface area contributed by atoms with Crippen LogP contribution in [0, 0.1) is 11.8 Å². The van der Waals surface area contributed by atoms with Crippen LogP contribution in [0.15, 0.2) is 25.3 Å². The monoisotopic (exact) mass is 255 g/mol. The molecule has 6 nitrogen and oxygen atoms in total. The lowest BCUT2D eigenvalue weighted by atomic mass is 9.87. The van der Waals surface area contributed by atoms with Crippen LogP contribution in [0.25, 0.3) is 0 Å². The Bertz CT molecular complexity index is 354. The summed E-state index contributed by atoms with van der Waals surface area (Å²) in [4.78, 5) is 23.0. The van der Waals surface area contributed by atoms with Crippen molar-refractivity contribution in [1.29, 1.82) is 0 Å². The van der Waals surface area contributed by atoms with Crippen molar-refractivity contribution < 1.29 is 29.9 Å². The molecule has 1 aliphatic rings. The molecule has 0 aromatic rings. The van der Waals surface area contributed by atoms with Crippen LogP contribution in [0.2, 0.25) is 0 Å². The van der Waals surface area contributed by atoms with Crippen LogP contribution in [0.5, 0.6) is 0 Å². The summed E-state index contributed by atoms with van der Waals surface area (Å²) in [5.41, 5.74) is 3.54. The Balaban J connectivity index is 2.93. The van der Waals surface area contributed by atoms with Crippen molar-refractivity contribution >= 4 is 11.9 Å². The Morgan fingerprint density at radius 1 is 1.28 bits per heavy atom. The Kier molecular flexibility index (Phi) is 5.06. The maximum atomic E-state index is 11.8. The zero-order valence-corrected chi connectivity index (χ0v) is 10.0. The summed E-state index contributed by atoms with van der Waals surface area (Å²) in [6.07, 6.45) is 1.23. The second-order valence-electron chi connectivity index (χ2n) is 3.93. The van der Waals surface area contributed by atoms with E-state index in [0.717, 1.165) is 0 Å². The molecular formula is C12H17NO5. The lowest BCUT2D eigenvalue weighted by molar-refractivity contribution is -0.372. The van der Waals surface area contributed by atoms with Gasteiger partial charge in [0.25, 0.3) is 0 Å². The first kappa shape index (κ1) is 14.4. The molecule has 0 bridgehead atoms. The smallest absolute Gasteiger partial charge is 0.312 e. The second-order valence-corrected chi connectivity index (χ2v) is 3.93. The molecule has 0 saturated carbocycles. The fourth-order valence-electron chi connectivity index (χ4n) is 1.99. The number of carboxylic acids is 1. The first-order valence-electron chi connectivity index (χ1n) is 5.64. The molecule has 0 radical (unpaired) electrons. The van der Waals surface area contributed by atoms with Gasteiger partial charge in [-0.3, -0.25) is 4.79 Å². The summed E-state index contributed by atoms with van der Waals surface area (Å²) in [6.45, 7) is 7.57. The predicted molar refractivity (Wildman–Crippen MR) is 59.8 cm³/mol. The molecule has 100 valence electrons. The zero-order valence-electron chi connectivity index (χ0n) is 10.0. The number of carbonyl (C=O) groups is 2. The molecule has 6 heteroatoms. The minimum absolute atomic E-state index is 0.137. The summed E-state index contributed by atoms with van der Waals surface area (Å²) in [5.74, 6) is -4.06. The molecule has 0 amide bonds. The molecule has 1 heterocycles. The van der Waals surface area contributed by atoms with Crippen LogP contribution < -0.4 is 10.8 Å². The highest BCUT2D eigenvalue weighted by molar-refractivity contribution is 5.82. The number of carboxylic acid groups (broad SMARTS) is 1. The van der Waals surface area contributed by atoms with E-state index in [-0.39, 0.29) is 6.61 Å². The van der Waals surface area contributed by atoms with Crippen molar-refractivity contribution in [1.82, 2.24) is 0 Å². The van der Waals surface area contributed by atoms with Gasteiger partial charge in [-0.15, -0.1) is 13.2 Å². The molecule has 18 heavy (non-hydrogen) atoms. The summed E-state index contributed by atoms with van der Waals surface area (Å²) in [6, 6.07) is 0. The van der Waals surface area contributed by atoms with Gasteiger partial charge in [-0.05, 0) is 0 Å². The highest BCUT2D eigenvalue weighted by Gasteiger charge is 2.47. The maximum absolute atomic E-state index is 11.8. The maximum Gasteiger partial charge on any atom is 0.312 e. The molecular weight excluding hydrogens is 238 g/mol. The fraction of sp³-hybridized carbons (Fsp3) is 0.500. The number of rotatable bonds is 6. The summed E-state index contributed by atoms with van der Waals surface area (Å²) in [5, 5.41) is 11.1. The van der Waals surface area contributed by atoms with Gasteiger partial charge in [0, 0.05) is 11.9 Å². The number of esters is 1. The van der Waals surface area contributed by atoms with Gasteiger partial charge in [-0.2, -0.15) is 0 Å². The lowest BCUT2D eigenvalue weighted by Gasteiger charge is -2.21. The topological polar surface area (TPSA) is 103 Å². The minimum atomic E-state index is -1.36. The Morgan fingerprint density at radius 2 is 1.83 bits per heavy atom. The molecule has 0 aromatic heterocycles. The number of ether oxygens (including phenoxy) is 2. The van der Waals surface area contributed by atoms with E-state index in [0.29, 0.717) is 6.54 Å². The normalized spacial score (nSPS) is 30.7. The van der Waals surface area contributed by atoms with Crippen LogP contribution in [0.3, 0.4) is 0 Å². The number of carbonyl (C=O) groups excluding carboxylic acids is 2. The zero-order chi connectivity index (χ0) is 13.7. The second kappa shape index (κ2) is 6.32. The van der Waals surface area contributed by atoms with Crippen molar-refractivity contribution in [3.8, 4) is 0 Å². The third kappa shape index (κ3) is 2.77. The molecule has 0 aliphatic carbocycles. The Hall–Kier alpha value is -1.66.